The third-order valence-electron chi connectivity index (χ3n) is 3.57. The minimum absolute atomic E-state index is 0.0911. The molecule has 1 saturated heterocycles. The van der Waals surface area contributed by atoms with E-state index >= 15 is 0 Å². The van der Waals surface area contributed by atoms with Crippen molar-refractivity contribution in [3.8, 4) is 0 Å². The quantitative estimate of drug-likeness (QED) is 0.734. The van der Waals surface area contributed by atoms with Gasteiger partial charge in [0.25, 0.3) is 0 Å². The highest BCUT2D eigenvalue weighted by Crippen LogP contribution is 2.37. The predicted octanol–water partition coefficient (Wildman–Crippen LogP) is 4.21. The second-order valence-corrected chi connectivity index (χ2v) is 5.92. The average Bonchev–Trinajstić information content (AvgIpc) is 2.80. The SMILES string of the molecule is Fc1ccc2nc(N3CCC(C(F)(F)F)CC3)sc2c1. The van der Waals surface area contributed by atoms with Gasteiger partial charge in [-0.15, -0.1) is 0 Å². The zero-order valence-electron chi connectivity index (χ0n) is 10.5. The summed E-state index contributed by atoms with van der Waals surface area (Å²) in [4.78, 5) is 6.21. The van der Waals surface area contributed by atoms with Gasteiger partial charge in [0.15, 0.2) is 5.13 Å². The Hall–Kier alpha value is -1.37. The number of rotatable bonds is 1. The van der Waals surface area contributed by atoms with Gasteiger partial charge >= 0.3 is 6.18 Å². The van der Waals surface area contributed by atoms with Gasteiger partial charge in [-0.1, -0.05) is 11.3 Å². The van der Waals surface area contributed by atoms with Gasteiger partial charge in [-0.3, -0.25) is 0 Å². The van der Waals surface area contributed by atoms with Gasteiger partial charge in [0.2, 0.25) is 0 Å². The van der Waals surface area contributed by atoms with Crippen LogP contribution in [-0.2, 0) is 0 Å². The molecule has 1 aliphatic heterocycles. The predicted molar refractivity (Wildman–Crippen MR) is 70.6 cm³/mol. The van der Waals surface area contributed by atoms with Crippen LogP contribution in [0.2, 0.25) is 0 Å². The maximum absolute atomic E-state index is 13.1. The third-order valence-corrected chi connectivity index (χ3v) is 4.65. The molecule has 108 valence electrons. The van der Waals surface area contributed by atoms with E-state index in [0.717, 1.165) is 4.70 Å². The van der Waals surface area contributed by atoms with E-state index in [2.05, 4.69) is 4.98 Å². The molecule has 0 unspecified atom stereocenters. The van der Waals surface area contributed by atoms with E-state index in [4.69, 9.17) is 0 Å². The van der Waals surface area contributed by atoms with E-state index in [1.807, 2.05) is 4.90 Å². The van der Waals surface area contributed by atoms with Crippen molar-refractivity contribution in [2.75, 3.05) is 18.0 Å². The summed E-state index contributed by atoms with van der Waals surface area (Å²) in [5.74, 6) is -1.55. The molecule has 0 amide bonds. The molecular weight excluding hydrogens is 292 g/mol. The molecule has 1 fully saturated rings. The van der Waals surface area contributed by atoms with Crippen molar-refractivity contribution in [1.29, 1.82) is 0 Å². The molecule has 0 saturated carbocycles. The lowest BCUT2D eigenvalue weighted by molar-refractivity contribution is -0.179. The highest BCUT2D eigenvalue weighted by atomic mass is 32.1. The highest BCUT2D eigenvalue weighted by Gasteiger charge is 2.41. The molecule has 0 bridgehead atoms. The van der Waals surface area contributed by atoms with Crippen LogP contribution in [0.25, 0.3) is 10.2 Å². The van der Waals surface area contributed by atoms with E-state index in [9.17, 15) is 17.6 Å². The van der Waals surface area contributed by atoms with E-state index in [1.54, 1.807) is 6.07 Å². The van der Waals surface area contributed by atoms with Crippen molar-refractivity contribution in [3.05, 3.63) is 24.0 Å². The molecule has 0 aliphatic carbocycles. The van der Waals surface area contributed by atoms with Crippen LogP contribution in [0.5, 0.6) is 0 Å². The summed E-state index contributed by atoms with van der Waals surface area (Å²) in [6.07, 6.45) is -3.93. The van der Waals surface area contributed by atoms with E-state index in [0.29, 0.717) is 23.7 Å². The van der Waals surface area contributed by atoms with Crippen molar-refractivity contribution >= 4 is 26.7 Å². The normalized spacial score (nSPS) is 17.9. The molecule has 1 aromatic heterocycles. The fraction of sp³-hybridized carbons (Fsp3) is 0.462. The largest absolute Gasteiger partial charge is 0.391 e. The summed E-state index contributed by atoms with van der Waals surface area (Å²) in [7, 11) is 0. The molecule has 20 heavy (non-hydrogen) atoms. The highest BCUT2D eigenvalue weighted by molar-refractivity contribution is 7.22. The van der Waals surface area contributed by atoms with Crippen LogP contribution in [0.3, 0.4) is 0 Å². The summed E-state index contributed by atoms with van der Waals surface area (Å²) in [5, 5.41) is 0.672. The van der Waals surface area contributed by atoms with Crippen LogP contribution in [0.15, 0.2) is 18.2 Å². The Labute approximate surface area is 117 Å². The summed E-state index contributed by atoms with van der Waals surface area (Å²) in [6.45, 7) is 0.680. The molecule has 0 radical (unpaired) electrons. The van der Waals surface area contributed by atoms with Crippen molar-refractivity contribution < 1.29 is 17.6 Å². The van der Waals surface area contributed by atoms with Gasteiger partial charge in [0, 0.05) is 13.1 Å². The Kier molecular flexibility index (Phi) is 3.32. The first-order valence-electron chi connectivity index (χ1n) is 6.31. The first-order chi connectivity index (χ1) is 9.43. The molecule has 0 atom stereocenters. The van der Waals surface area contributed by atoms with Crippen molar-refractivity contribution in [2.45, 2.75) is 19.0 Å². The molecule has 0 spiro atoms. The molecule has 2 heterocycles. The summed E-state index contributed by atoms with van der Waals surface area (Å²) < 4.78 is 51.7. The number of halogens is 4. The van der Waals surface area contributed by atoms with Crippen LogP contribution in [-0.4, -0.2) is 24.2 Å². The Balaban J connectivity index is 1.76. The number of alkyl halides is 3. The number of anilines is 1. The first kappa shape index (κ1) is 13.6. The molecule has 1 aromatic carbocycles. The Morgan fingerprint density at radius 3 is 2.55 bits per heavy atom. The third kappa shape index (κ3) is 2.59. The van der Waals surface area contributed by atoms with E-state index in [1.165, 1.54) is 23.5 Å². The number of hydrogen-bond donors (Lipinski definition) is 0. The van der Waals surface area contributed by atoms with Crippen LogP contribution in [0.4, 0.5) is 22.7 Å². The second-order valence-electron chi connectivity index (χ2n) is 4.91. The number of hydrogen-bond acceptors (Lipinski definition) is 3. The van der Waals surface area contributed by atoms with E-state index < -0.39 is 12.1 Å². The van der Waals surface area contributed by atoms with Crippen molar-refractivity contribution in [1.82, 2.24) is 4.98 Å². The van der Waals surface area contributed by atoms with Gasteiger partial charge in [0.05, 0.1) is 16.1 Å². The lowest BCUT2D eigenvalue weighted by Crippen LogP contribution is -2.38. The van der Waals surface area contributed by atoms with Crippen molar-refractivity contribution in [3.63, 3.8) is 0 Å². The second kappa shape index (κ2) is 4.87. The van der Waals surface area contributed by atoms with Gasteiger partial charge in [-0.05, 0) is 31.0 Å². The van der Waals surface area contributed by atoms with E-state index in [-0.39, 0.29) is 18.7 Å². The Morgan fingerprint density at radius 2 is 1.90 bits per heavy atom. The molecule has 0 N–H and O–H groups in total. The van der Waals surface area contributed by atoms with Gasteiger partial charge in [-0.2, -0.15) is 13.2 Å². The summed E-state index contributed by atoms with van der Waals surface area (Å²) in [5.41, 5.74) is 0.685. The molecule has 3 rings (SSSR count). The average molecular weight is 304 g/mol. The van der Waals surface area contributed by atoms with Crippen LogP contribution in [0, 0.1) is 11.7 Å². The number of fused-ring (bicyclic) bond motifs is 1. The maximum atomic E-state index is 13.1. The fourth-order valence-corrected chi connectivity index (χ4v) is 3.46. The number of piperidine rings is 1. The minimum Gasteiger partial charge on any atom is -0.348 e. The first-order valence-corrected chi connectivity index (χ1v) is 7.13. The van der Waals surface area contributed by atoms with Crippen LogP contribution >= 0.6 is 11.3 Å². The Morgan fingerprint density at radius 1 is 1.20 bits per heavy atom. The maximum Gasteiger partial charge on any atom is 0.391 e. The monoisotopic (exact) mass is 304 g/mol. The molecule has 2 nitrogen and oxygen atoms in total. The van der Waals surface area contributed by atoms with Crippen molar-refractivity contribution in [2.24, 2.45) is 5.92 Å². The van der Waals surface area contributed by atoms with Gasteiger partial charge in [0.1, 0.15) is 5.82 Å². The number of benzene rings is 1. The fourth-order valence-electron chi connectivity index (χ4n) is 2.42. The lowest BCUT2D eigenvalue weighted by Gasteiger charge is -2.32. The number of thiazole rings is 1. The van der Waals surface area contributed by atoms with Gasteiger partial charge in [-0.25, -0.2) is 9.37 Å². The minimum atomic E-state index is -4.11. The molecule has 2 aromatic rings. The molecular formula is C13H12F4N2S. The Bertz CT molecular complexity index is 614. The lowest BCUT2D eigenvalue weighted by atomic mass is 9.97. The topological polar surface area (TPSA) is 16.1 Å². The molecule has 7 heteroatoms. The van der Waals surface area contributed by atoms with Crippen LogP contribution < -0.4 is 4.90 Å². The molecule has 1 aliphatic rings. The van der Waals surface area contributed by atoms with Crippen LogP contribution in [0.1, 0.15) is 12.8 Å². The standard InChI is InChI=1S/C13H12F4N2S/c14-9-1-2-10-11(7-9)20-12(18-10)19-5-3-8(4-6-19)13(15,16)17/h1-2,7-8H,3-6H2. The smallest absolute Gasteiger partial charge is 0.348 e. The number of aromatic nitrogens is 1. The van der Waals surface area contributed by atoms with Gasteiger partial charge < -0.3 is 4.90 Å². The number of nitrogens with zero attached hydrogens (tertiary/aromatic N) is 2. The zero-order chi connectivity index (χ0) is 14.3. The zero-order valence-corrected chi connectivity index (χ0v) is 11.3. The summed E-state index contributed by atoms with van der Waals surface area (Å²) >= 11 is 1.32. The summed E-state index contributed by atoms with van der Waals surface area (Å²) in [6, 6.07) is 4.33.